The highest BCUT2D eigenvalue weighted by Crippen LogP contribution is 2.11. The van der Waals surface area contributed by atoms with Crippen LogP contribution in [0.2, 0.25) is 0 Å². The monoisotopic (exact) mass is 301 g/mol. The van der Waals surface area contributed by atoms with Crippen LogP contribution in [0.25, 0.3) is 11.0 Å². The van der Waals surface area contributed by atoms with Crippen LogP contribution in [0.3, 0.4) is 0 Å². The Bertz CT molecular complexity index is 672. The lowest BCUT2D eigenvalue weighted by Gasteiger charge is -2.12. The summed E-state index contributed by atoms with van der Waals surface area (Å²) in [6, 6.07) is 4.98. The number of esters is 1. The zero-order valence-corrected chi connectivity index (χ0v) is 12.7. The van der Waals surface area contributed by atoms with Crippen molar-refractivity contribution >= 4 is 22.9 Å². The van der Waals surface area contributed by atoms with Crippen LogP contribution < -0.4 is 5.32 Å². The van der Waals surface area contributed by atoms with E-state index in [9.17, 15) is 9.59 Å². The third kappa shape index (κ3) is 4.25. The molecule has 0 aliphatic rings. The fourth-order valence-electron chi connectivity index (χ4n) is 2.13. The van der Waals surface area contributed by atoms with E-state index in [1.807, 2.05) is 13.8 Å². The van der Waals surface area contributed by atoms with Gasteiger partial charge in [-0.05, 0) is 31.5 Å². The average molecular weight is 301 g/mol. The molecule has 1 heterocycles. The van der Waals surface area contributed by atoms with Crippen LogP contribution in [0, 0.1) is 0 Å². The van der Waals surface area contributed by atoms with Gasteiger partial charge < -0.3 is 10.1 Å². The Hall–Kier alpha value is -2.50. The number of ether oxygens (including phenoxy) is 1. The number of fused-ring (bicyclic) bond motifs is 1. The van der Waals surface area contributed by atoms with E-state index in [0.717, 1.165) is 12.8 Å². The van der Waals surface area contributed by atoms with Gasteiger partial charge in [0, 0.05) is 18.4 Å². The summed E-state index contributed by atoms with van der Waals surface area (Å²) < 4.78 is 5.02. The summed E-state index contributed by atoms with van der Waals surface area (Å²) in [5, 5.41) is 2.78. The second-order valence-electron chi connectivity index (χ2n) is 5.09. The first kappa shape index (κ1) is 15.9. The summed E-state index contributed by atoms with van der Waals surface area (Å²) in [6.07, 6.45) is 5.02. The van der Waals surface area contributed by atoms with E-state index >= 15 is 0 Å². The zero-order valence-electron chi connectivity index (χ0n) is 12.7. The first-order chi connectivity index (χ1) is 10.6. The molecule has 1 aromatic heterocycles. The van der Waals surface area contributed by atoms with Crippen LogP contribution in [-0.4, -0.2) is 34.5 Å². The summed E-state index contributed by atoms with van der Waals surface area (Å²) in [6.45, 7) is 3.68. The topological polar surface area (TPSA) is 81.2 Å². The largest absolute Gasteiger partial charge is 0.452 e. The number of aromatic nitrogens is 2. The molecule has 2 rings (SSSR count). The Morgan fingerprint density at radius 3 is 2.68 bits per heavy atom. The van der Waals surface area contributed by atoms with E-state index in [0.29, 0.717) is 16.6 Å². The van der Waals surface area contributed by atoms with E-state index in [2.05, 4.69) is 15.3 Å². The van der Waals surface area contributed by atoms with Gasteiger partial charge in [-0.3, -0.25) is 14.8 Å². The van der Waals surface area contributed by atoms with Crippen molar-refractivity contribution in [3.63, 3.8) is 0 Å². The molecular weight excluding hydrogens is 282 g/mol. The van der Waals surface area contributed by atoms with Gasteiger partial charge in [0.05, 0.1) is 16.6 Å². The first-order valence-electron chi connectivity index (χ1n) is 7.27. The molecule has 0 radical (unpaired) electrons. The molecule has 6 nitrogen and oxygen atoms in total. The molecule has 1 amide bonds. The van der Waals surface area contributed by atoms with Gasteiger partial charge in [-0.15, -0.1) is 0 Å². The Balaban J connectivity index is 1.92. The summed E-state index contributed by atoms with van der Waals surface area (Å²) in [5.74, 6) is -0.847. The molecule has 116 valence electrons. The molecule has 2 aromatic rings. The predicted molar refractivity (Wildman–Crippen MR) is 82.3 cm³/mol. The normalized spacial score (nSPS) is 11.9. The number of carbonyl (C=O) groups excluding carboxylic acids is 2. The summed E-state index contributed by atoms with van der Waals surface area (Å²) >= 11 is 0. The van der Waals surface area contributed by atoms with E-state index < -0.39 is 5.97 Å². The number of hydrogen-bond donors (Lipinski definition) is 1. The van der Waals surface area contributed by atoms with Crippen molar-refractivity contribution in [2.75, 3.05) is 6.61 Å². The Kier molecular flexibility index (Phi) is 5.41. The van der Waals surface area contributed by atoms with Crippen molar-refractivity contribution in [3.8, 4) is 0 Å². The molecule has 0 spiro atoms. The third-order valence-corrected chi connectivity index (χ3v) is 3.17. The number of benzene rings is 1. The fraction of sp³-hybridized carbons (Fsp3) is 0.375. The smallest absolute Gasteiger partial charge is 0.338 e. The van der Waals surface area contributed by atoms with Crippen LogP contribution in [0.15, 0.2) is 30.6 Å². The lowest BCUT2D eigenvalue weighted by atomic mass is 10.2. The average Bonchev–Trinajstić information content (AvgIpc) is 2.52. The molecule has 22 heavy (non-hydrogen) atoms. The van der Waals surface area contributed by atoms with E-state index in [-0.39, 0.29) is 18.6 Å². The van der Waals surface area contributed by atoms with Crippen molar-refractivity contribution in [2.45, 2.75) is 32.7 Å². The minimum Gasteiger partial charge on any atom is -0.452 e. The third-order valence-electron chi connectivity index (χ3n) is 3.17. The highest BCUT2D eigenvalue weighted by molar-refractivity contribution is 5.94. The highest BCUT2D eigenvalue weighted by atomic mass is 16.5. The standard InChI is InChI=1S/C16H19N3O3/c1-3-4-11(2)19-15(20)10-22-16(21)12-5-6-13-14(9-12)18-8-7-17-13/h5-9,11H,3-4,10H2,1-2H3,(H,19,20)/t11-/m1/s1. The van der Waals surface area contributed by atoms with Crippen LogP contribution >= 0.6 is 0 Å². The lowest BCUT2D eigenvalue weighted by molar-refractivity contribution is -0.124. The lowest BCUT2D eigenvalue weighted by Crippen LogP contribution is -2.35. The second kappa shape index (κ2) is 7.49. The van der Waals surface area contributed by atoms with Crippen LogP contribution in [0.4, 0.5) is 0 Å². The van der Waals surface area contributed by atoms with Crippen LogP contribution in [-0.2, 0) is 9.53 Å². The van der Waals surface area contributed by atoms with Gasteiger partial charge in [0.15, 0.2) is 6.61 Å². The number of nitrogens with one attached hydrogen (secondary N) is 1. The molecule has 0 saturated carbocycles. The van der Waals surface area contributed by atoms with Crippen molar-refractivity contribution in [3.05, 3.63) is 36.2 Å². The molecule has 1 aromatic carbocycles. The van der Waals surface area contributed by atoms with Crippen LogP contribution in [0.1, 0.15) is 37.0 Å². The maximum absolute atomic E-state index is 12.0. The molecule has 0 bridgehead atoms. The van der Waals surface area contributed by atoms with Gasteiger partial charge in [-0.1, -0.05) is 13.3 Å². The van der Waals surface area contributed by atoms with Crippen molar-refractivity contribution in [1.82, 2.24) is 15.3 Å². The highest BCUT2D eigenvalue weighted by Gasteiger charge is 2.12. The van der Waals surface area contributed by atoms with Crippen molar-refractivity contribution in [2.24, 2.45) is 0 Å². The van der Waals surface area contributed by atoms with E-state index in [4.69, 9.17) is 4.74 Å². The molecule has 0 aliphatic carbocycles. The molecule has 0 unspecified atom stereocenters. The van der Waals surface area contributed by atoms with Gasteiger partial charge in [0.1, 0.15) is 0 Å². The maximum Gasteiger partial charge on any atom is 0.338 e. The minimum atomic E-state index is -0.550. The predicted octanol–water partition coefficient (Wildman–Crippen LogP) is 2.09. The summed E-state index contributed by atoms with van der Waals surface area (Å²) in [7, 11) is 0. The quantitative estimate of drug-likeness (QED) is 0.826. The van der Waals surface area contributed by atoms with Gasteiger partial charge >= 0.3 is 5.97 Å². The minimum absolute atomic E-state index is 0.0761. The maximum atomic E-state index is 12.0. The number of amides is 1. The summed E-state index contributed by atoms with van der Waals surface area (Å²) in [4.78, 5) is 31.9. The van der Waals surface area contributed by atoms with Gasteiger partial charge in [-0.25, -0.2) is 4.79 Å². The Morgan fingerprint density at radius 2 is 1.95 bits per heavy atom. The Morgan fingerprint density at radius 1 is 1.23 bits per heavy atom. The SMILES string of the molecule is CCC[C@@H](C)NC(=O)COC(=O)c1ccc2nccnc2c1. The van der Waals surface area contributed by atoms with E-state index in [1.165, 1.54) is 0 Å². The molecule has 0 aliphatic heterocycles. The van der Waals surface area contributed by atoms with Crippen LogP contribution in [0.5, 0.6) is 0 Å². The molecular formula is C16H19N3O3. The molecule has 0 fully saturated rings. The van der Waals surface area contributed by atoms with Crippen molar-refractivity contribution < 1.29 is 14.3 Å². The summed E-state index contributed by atoms with van der Waals surface area (Å²) in [5.41, 5.74) is 1.66. The number of rotatable bonds is 6. The molecule has 1 atom stereocenters. The number of carbonyl (C=O) groups is 2. The first-order valence-corrected chi connectivity index (χ1v) is 7.27. The van der Waals surface area contributed by atoms with E-state index in [1.54, 1.807) is 30.6 Å². The van der Waals surface area contributed by atoms with Gasteiger partial charge in [-0.2, -0.15) is 0 Å². The molecule has 0 saturated heterocycles. The van der Waals surface area contributed by atoms with Crippen molar-refractivity contribution in [1.29, 1.82) is 0 Å². The zero-order chi connectivity index (χ0) is 15.9. The van der Waals surface area contributed by atoms with Gasteiger partial charge in [0.25, 0.3) is 5.91 Å². The second-order valence-corrected chi connectivity index (χ2v) is 5.09. The number of nitrogens with zero attached hydrogens (tertiary/aromatic N) is 2. The van der Waals surface area contributed by atoms with Gasteiger partial charge in [0.2, 0.25) is 0 Å². The number of hydrogen-bond acceptors (Lipinski definition) is 5. The molecule has 1 N–H and O–H groups in total. The Labute approximate surface area is 128 Å². The fourth-order valence-corrected chi connectivity index (χ4v) is 2.13. The molecule has 6 heteroatoms.